The van der Waals surface area contributed by atoms with Crippen molar-refractivity contribution in [1.82, 2.24) is 24.9 Å². The quantitative estimate of drug-likeness (QED) is 0.402. The van der Waals surface area contributed by atoms with Crippen molar-refractivity contribution >= 4 is 27.2 Å². The number of nitrogens with zero attached hydrogens (tertiary/aromatic N) is 3. The van der Waals surface area contributed by atoms with Gasteiger partial charge >= 0.3 is 0 Å². The molecule has 5 aromatic rings. The van der Waals surface area contributed by atoms with Gasteiger partial charge in [0.15, 0.2) is 5.65 Å². The lowest BCUT2D eigenvalue weighted by Gasteiger charge is -2.10. The number of hydrogen-bond donors (Lipinski definition) is 2. The first-order valence-electron chi connectivity index (χ1n) is 10.4. The number of aromatic amines is 1. The van der Waals surface area contributed by atoms with E-state index in [1.54, 1.807) is 6.33 Å². The fourth-order valence-electron chi connectivity index (χ4n) is 4.60. The standard InChI is InChI=1S/C24H23N5S/c1-13(2)21-22(18-6-14(3)24-26-12-27-29(24)11-18)28-19-8-20(30-23(19)21)15-4-5-16-9-25-10-17(16)7-15/h4-8,11-13,25,28H,9-10H2,1-3H3. The van der Waals surface area contributed by atoms with Gasteiger partial charge in [0, 0.05) is 29.7 Å². The maximum Gasteiger partial charge on any atom is 0.158 e. The highest BCUT2D eigenvalue weighted by Crippen LogP contribution is 2.43. The molecule has 4 aromatic heterocycles. The SMILES string of the molecule is Cc1cc(-c2[nH]c3cc(-c4ccc5c(c4)CNC5)sc3c2C(C)C)cn2ncnc12. The Morgan fingerprint density at radius 1 is 1.07 bits per heavy atom. The highest BCUT2D eigenvalue weighted by atomic mass is 32.1. The lowest BCUT2D eigenvalue weighted by molar-refractivity contribution is 0.765. The first-order valence-corrected chi connectivity index (χ1v) is 11.2. The van der Waals surface area contributed by atoms with Gasteiger partial charge in [-0.05, 0) is 58.9 Å². The van der Waals surface area contributed by atoms with Gasteiger partial charge in [-0.1, -0.05) is 26.0 Å². The third-order valence-electron chi connectivity index (χ3n) is 6.05. The van der Waals surface area contributed by atoms with Gasteiger partial charge in [0.25, 0.3) is 0 Å². The Labute approximate surface area is 178 Å². The Balaban J connectivity index is 1.51. The normalized spacial score (nSPS) is 13.7. The Morgan fingerprint density at radius 3 is 2.80 bits per heavy atom. The molecule has 0 fully saturated rings. The van der Waals surface area contributed by atoms with Crippen molar-refractivity contribution in [2.45, 2.75) is 39.8 Å². The second-order valence-corrected chi connectivity index (χ2v) is 9.50. The molecule has 2 N–H and O–H groups in total. The number of aromatic nitrogens is 4. The van der Waals surface area contributed by atoms with Crippen molar-refractivity contribution in [3.8, 4) is 21.7 Å². The summed E-state index contributed by atoms with van der Waals surface area (Å²) in [6.07, 6.45) is 3.69. The predicted molar refractivity (Wildman–Crippen MR) is 123 cm³/mol. The van der Waals surface area contributed by atoms with E-state index < -0.39 is 0 Å². The summed E-state index contributed by atoms with van der Waals surface area (Å²) in [6, 6.07) is 11.4. The van der Waals surface area contributed by atoms with Crippen molar-refractivity contribution in [1.29, 1.82) is 0 Å². The zero-order chi connectivity index (χ0) is 20.4. The van der Waals surface area contributed by atoms with Gasteiger partial charge in [-0.3, -0.25) is 0 Å². The molecule has 1 aliphatic heterocycles. The number of pyridine rings is 1. The van der Waals surface area contributed by atoms with Gasteiger partial charge in [0.05, 0.1) is 15.9 Å². The topological polar surface area (TPSA) is 58.0 Å². The molecule has 0 saturated heterocycles. The minimum atomic E-state index is 0.413. The number of thiophene rings is 1. The monoisotopic (exact) mass is 413 g/mol. The molecule has 0 radical (unpaired) electrons. The Morgan fingerprint density at radius 2 is 1.93 bits per heavy atom. The molecule has 150 valence electrons. The van der Waals surface area contributed by atoms with Crippen LogP contribution in [0.2, 0.25) is 0 Å². The van der Waals surface area contributed by atoms with Crippen molar-refractivity contribution in [3.63, 3.8) is 0 Å². The van der Waals surface area contributed by atoms with Gasteiger partial charge in [0.2, 0.25) is 0 Å². The fraction of sp³-hybridized carbons (Fsp3) is 0.250. The van der Waals surface area contributed by atoms with Gasteiger partial charge in [-0.15, -0.1) is 11.3 Å². The van der Waals surface area contributed by atoms with Crippen molar-refractivity contribution < 1.29 is 0 Å². The average molecular weight is 414 g/mol. The molecule has 30 heavy (non-hydrogen) atoms. The molecular formula is C24H23N5S. The average Bonchev–Trinajstić information content (AvgIpc) is 3.48. The van der Waals surface area contributed by atoms with Crippen LogP contribution in [0.5, 0.6) is 0 Å². The molecule has 0 amide bonds. The third-order valence-corrected chi connectivity index (χ3v) is 7.27. The summed E-state index contributed by atoms with van der Waals surface area (Å²) in [5.74, 6) is 0.413. The minimum Gasteiger partial charge on any atom is -0.354 e. The van der Waals surface area contributed by atoms with E-state index in [4.69, 9.17) is 0 Å². The Hall–Kier alpha value is -2.96. The van der Waals surface area contributed by atoms with E-state index in [1.807, 2.05) is 15.9 Å². The van der Waals surface area contributed by atoms with Gasteiger partial charge in [0.1, 0.15) is 6.33 Å². The number of nitrogens with one attached hydrogen (secondary N) is 2. The van der Waals surface area contributed by atoms with Crippen LogP contribution in [0.25, 0.3) is 37.6 Å². The predicted octanol–water partition coefficient (Wildman–Crippen LogP) is 5.64. The van der Waals surface area contributed by atoms with E-state index >= 15 is 0 Å². The first-order chi connectivity index (χ1) is 14.6. The summed E-state index contributed by atoms with van der Waals surface area (Å²) >= 11 is 1.89. The first kappa shape index (κ1) is 17.9. The number of fused-ring (bicyclic) bond motifs is 3. The van der Waals surface area contributed by atoms with Crippen LogP contribution < -0.4 is 5.32 Å². The molecule has 1 aliphatic rings. The fourth-order valence-corrected chi connectivity index (χ4v) is 5.91. The Bertz CT molecular complexity index is 1420. The van der Waals surface area contributed by atoms with E-state index in [1.165, 1.54) is 43.0 Å². The maximum absolute atomic E-state index is 4.35. The smallest absolute Gasteiger partial charge is 0.158 e. The minimum absolute atomic E-state index is 0.413. The molecule has 0 unspecified atom stereocenters. The third kappa shape index (κ3) is 2.64. The van der Waals surface area contributed by atoms with Crippen LogP contribution in [-0.4, -0.2) is 19.6 Å². The van der Waals surface area contributed by atoms with Gasteiger partial charge < -0.3 is 10.3 Å². The molecule has 0 bridgehead atoms. The van der Waals surface area contributed by atoms with E-state index in [0.717, 1.165) is 29.9 Å². The molecule has 5 heterocycles. The lowest BCUT2D eigenvalue weighted by atomic mass is 9.99. The molecule has 5 nitrogen and oxygen atoms in total. The molecule has 0 atom stereocenters. The highest BCUT2D eigenvalue weighted by Gasteiger charge is 2.21. The van der Waals surface area contributed by atoms with Crippen LogP contribution >= 0.6 is 11.3 Å². The van der Waals surface area contributed by atoms with Gasteiger partial charge in [-0.25, -0.2) is 9.50 Å². The van der Waals surface area contributed by atoms with Crippen LogP contribution in [0.1, 0.15) is 42.0 Å². The highest BCUT2D eigenvalue weighted by molar-refractivity contribution is 7.22. The summed E-state index contributed by atoms with van der Waals surface area (Å²) < 4.78 is 3.22. The molecule has 0 aliphatic carbocycles. The summed E-state index contributed by atoms with van der Waals surface area (Å²) in [7, 11) is 0. The van der Waals surface area contributed by atoms with E-state index in [2.05, 4.69) is 77.7 Å². The largest absolute Gasteiger partial charge is 0.354 e. The van der Waals surface area contributed by atoms with E-state index in [-0.39, 0.29) is 0 Å². The Kier molecular flexibility index (Phi) is 3.88. The van der Waals surface area contributed by atoms with E-state index in [0.29, 0.717) is 5.92 Å². The van der Waals surface area contributed by atoms with Crippen LogP contribution in [0.15, 0.2) is 42.9 Å². The lowest BCUT2D eigenvalue weighted by Crippen LogP contribution is -1.99. The zero-order valence-electron chi connectivity index (χ0n) is 17.3. The molecule has 0 spiro atoms. The summed E-state index contributed by atoms with van der Waals surface area (Å²) in [6.45, 7) is 8.59. The number of H-pyrrole nitrogens is 1. The number of hydrogen-bond acceptors (Lipinski definition) is 4. The molecule has 6 heteroatoms. The number of rotatable bonds is 3. The molecule has 1 aromatic carbocycles. The van der Waals surface area contributed by atoms with Crippen LogP contribution in [0.4, 0.5) is 0 Å². The maximum atomic E-state index is 4.35. The molecular weight excluding hydrogens is 390 g/mol. The molecule has 0 saturated carbocycles. The van der Waals surface area contributed by atoms with Gasteiger partial charge in [-0.2, -0.15) is 5.10 Å². The van der Waals surface area contributed by atoms with Crippen LogP contribution in [-0.2, 0) is 13.1 Å². The number of benzene rings is 1. The number of aryl methyl sites for hydroxylation is 1. The van der Waals surface area contributed by atoms with E-state index in [9.17, 15) is 0 Å². The summed E-state index contributed by atoms with van der Waals surface area (Å²) in [5.41, 5.74) is 11.1. The molecule has 6 rings (SSSR count). The second kappa shape index (κ2) is 6.52. The van der Waals surface area contributed by atoms with Crippen LogP contribution in [0, 0.1) is 6.92 Å². The van der Waals surface area contributed by atoms with Crippen molar-refractivity contribution in [3.05, 3.63) is 65.1 Å². The summed E-state index contributed by atoms with van der Waals surface area (Å²) in [4.78, 5) is 9.40. The van der Waals surface area contributed by atoms with Crippen molar-refractivity contribution in [2.24, 2.45) is 0 Å². The second-order valence-electron chi connectivity index (χ2n) is 8.45. The van der Waals surface area contributed by atoms with Crippen LogP contribution in [0.3, 0.4) is 0 Å². The van der Waals surface area contributed by atoms with Crippen molar-refractivity contribution in [2.75, 3.05) is 0 Å². The zero-order valence-corrected chi connectivity index (χ0v) is 18.1. The summed E-state index contributed by atoms with van der Waals surface area (Å²) in [5, 5.41) is 7.79.